The number of nitrogens with zero attached hydrogens (tertiary/aromatic N) is 1. The lowest BCUT2D eigenvalue weighted by Crippen LogP contribution is -2.47. The molecule has 2 aliphatic rings. The van der Waals surface area contributed by atoms with E-state index in [0.29, 0.717) is 11.0 Å². The van der Waals surface area contributed by atoms with Gasteiger partial charge in [-0.1, -0.05) is 54.1 Å². The number of hydrogen-bond acceptors (Lipinski definition) is 2. The lowest BCUT2D eigenvalue weighted by molar-refractivity contribution is 0.0491. The van der Waals surface area contributed by atoms with Gasteiger partial charge in [0, 0.05) is 20.7 Å². The van der Waals surface area contributed by atoms with E-state index < -0.39 is 8.07 Å². The van der Waals surface area contributed by atoms with Crippen molar-refractivity contribution in [2.45, 2.75) is 62.0 Å². The fourth-order valence-corrected chi connectivity index (χ4v) is 4.05. The molecule has 1 heterocycles. The van der Waals surface area contributed by atoms with Crippen molar-refractivity contribution in [1.82, 2.24) is 4.90 Å². The molecule has 2 unspecified atom stereocenters. The molecule has 2 rings (SSSR count). The van der Waals surface area contributed by atoms with Gasteiger partial charge in [-0.25, -0.2) is 0 Å². The molecule has 0 saturated heterocycles. The third kappa shape index (κ3) is 3.92. The summed E-state index contributed by atoms with van der Waals surface area (Å²) in [4.78, 5) is 3.01. The molecule has 0 aromatic heterocycles. The van der Waals surface area contributed by atoms with E-state index >= 15 is 0 Å². The molecule has 18 heavy (non-hydrogen) atoms. The molecule has 1 fully saturated rings. The number of rotatable bonds is 6. The molecule has 104 valence electrons. The molecule has 4 heteroatoms. The first-order valence-electron chi connectivity index (χ1n) is 7.15. The van der Waals surface area contributed by atoms with Gasteiger partial charge in [-0.15, -0.1) is 0 Å². The predicted molar refractivity (Wildman–Crippen MR) is 84.1 cm³/mol. The van der Waals surface area contributed by atoms with Crippen molar-refractivity contribution in [3.8, 4) is 0 Å². The van der Waals surface area contributed by atoms with E-state index in [1.165, 1.54) is 25.3 Å². The Hall–Kier alpha value is 0.357. The largest absolute Gasteiger partial charge is 0.380 e. The Morgan fingerprint density at radius 2 is 2.00 bits per heavy atom. The van der Waals surface area contributed by atoms with Gasteiger partial charge in [0.05, 0.1) is 17.6 Å². The van der Waals surface area contributed by atoms with Gasteiger partial charge >= 0.3 is 0 Å². The van der Waals surface area contributed by atoms with E-state index in [2.05, 4.69) is 52.6 Å². The second-order valence-electron chi connectivity index (χ2n) is 6.74. The topological polar surface area (TPSA) is 12.5 Å². The van der Waals surface area contributed by atoms with Gasteiger partial charge in [-0.3, -0.25) is 4.90 Å². The molecule has 0 aromatic rings. The van der Waals surface area contributed by atoms with E-state index in [1.807, 2.05) is 0 Å². The molecule has 0 N–H and O–H groups in total. The molecule has 1 saturated carbocycles. The maximum atomic E-state index is 5.91. The van der Waals surface area contributed by atoms with Crippen LogP contribution in [-0.4, -0.2) is 43.2 Å². The van der Waals surface area contributed by atoms with Crippen LogP contribution in [0.1, 0.15) is 19.3 Å². The number of alkyl halides is 1. The van der Waals surface area contributed by atoms with Crippen molar-refractivity contribution >= 4 is 24.0 Å². The van der Waals surface area contributed by atoms with Crippen LogP contribution in [0.2, 0.25) is 25.7 Å². The number of ether oxygens (including phenoxy) is 1. The van der Waals surface area contributed by atoms with Gasteiger partial charge in [-0.05, 0) is 18.9 Å². The molecule has 0 radical (unpaired) electrons. The van der Waals surface area contributed by atoms with Crippen LogP contribution in [0.4, 0.5) is 0 Å². The number of halogens is 1. The van der Waals surface area contributed by atoms with Gasteiger partial charge in [-0.2, -0.15) is 0 Å². The normalized spacial score (nSPS) is 29.8. The smallest absolute Gasteiger partial charge is 0.0850 e. The molecule has 0 aromatic carbocycles. The van der Waals surface area contributed by atoms with Crippen molar-refractivity contribution in [2.75, 3.05) is 13.2 Å². The van der Waals surface area contributed by atoms with Crippen LogP contribution in [0, 0.1) is 0 Å². The standard InChI is InChI=1S/C14H26BrNOSi/c1-18(2,3)10-9-17-11-13-7-8-14(15)16(13)12-5-4-6-12/h7-8,12-14H,4-6,9-11H2,1-3H3. The zero-order valence-electron chi connectivity index (χ0n) is 11.9. The van der Waals surface area contributed by atoms with Crippen molar-refractivity contribution in [2.24, 2.45) is 0 Å². The number of hydrogen-bond donors (Lipinski definition) is 0. The molecule has 0 bridgehead atoms. The zero-order chi connectivity index (χ0) is 13.2. The van der Waals surface area contributed by atoms with Crippen LogP contribution in [-0.2, 0) is 4.74 Å². The Labute approximate surface area is 121 Å². The maximum absolute atomic E-state index is 5.91. The second-order valence-corrected chi connectivity index (χ2v) is 13.3. The van der Waals surface area contributed by atoms with Crippen LogP contribution < -0.4 is 0 Å². The van der Waals surface area contributed by atoms with Crippen LogP contribution >= 0.6 is 15.9 Å². The Morgan fingerprint density at radius 3 is 2.56 bits per heavy atom. The summed E-state index contributed by atoms with van der Waals surface area (Å²) in [6, 6.07) is 2.53. The Bertz CT molecular complexity index is 299. The van der Waals surface area contributed by atoms with E-state index in [0.717, 1.165) is 19.3 Å². The summed E-state index contributed by atoms with van der Waals surface area (Å²) in [5, 5.41) is 0. The van der Waals surface area contributed by atoms with Gasteiger partial charge in [0.2, 0.25) is 0 Å². The van der Waals surface area contributed by atoms with E-state index in [9.17, 15) is 0 Å². The summed E-state index contributed by atoms with van der Waals surface area (Å²) < 4.78 is 5.91. The van der Waals surface area contributed by atoms with Crippen molar-refractivity contribution < 1.29 is 4.74 Å². The van der Waals surface area contributed by atoms with Crippen molar-refractivity contribution in [3.05, 3.63) is 12.2 Å². The minimum absolute atomic E-state index is 0.424. The summed E-state index contributed by atoms with van der Waals surface area (Å²) in [6.45, 7) is 9.01. The third-order valence-electron chi connectivity index (χ3n) is 3.94. The second kappa shape index (κ2) is 6.20. The Morgan fingerprint density at radius 1 is 1.28 bits per heavy atom. The molecule has 2 nitrogen and oxygen atoms in total. The monoisotopic (exact) mass is 331 g/mol. The maximum Gasteiger partial charge on any atom is 0.0850 e. The lowest BCUT2D eigenvalue weighted by atomic mass is 9.91. The highest BCUT2D eigenvalue weighted by Crippen LogP contribution is 2.33. The molecule has 0 amide bonds. The minimum Gasteiger partial charge on any atom is -0.380 e. The van der Waals surface area contributed by atoms with Crippen LogP contribution in [0.25, 0.3) is 0 Å². The summed E-state index contributed by atoms with van der Waals surface area (Å²) in [5.74, 6) is 0. The molecular weight excluding hydrogens is 306 g/mol. The molecule has 1 aliphatic carbocycles. The highest BCUT2D eigenvalue weighted by molar-refractivity contribution is 9.09. The van der Waals surface area contributed by atoms with Crippen LogP contribution in [0.3, 0.4) is 0 Å². The van der Waals surface area contributed by atoms with E-state index in [-0.39, 0.29) is 0 Å². The predicted octanol–water partition coefficient (Wildman–Crippen LogP) is 3.86. The first-order valence-corrected chi connectivity index (χ1v) is 11.8. The van der Waals surface area contributed by atoms with Gasteiger partial charge in [0.15, 0.2) is 0 Å². The first-order chi connectivity index (χ1) is 8.47. The lowest BCUT2D eigenvalue weighted by Gasteiger charge is -2.40. The highest BCUT2D eigenvalue weighted by Gasteiger charge is 2.35. The summed E-state index contributed by atoms with van der Waals surface area (Å²) in [6.07, 6.45) is 8.69. The van der Waals surface area contributed by atoms with Crippen molar-refractivity contribution in [1.29, 1.82) is 0 Å². The van der Waals surface area contributed by atoms with E-state index in [4.69, 9.17) is 4.74 Å². The Balaban J connectivity index is 1.73. The average Bonchev–Trinajstić information content (AvgIpc) is 2.53. The average molecular weight is 332 g/mol. The SMILES string of the molecule is C[Si](C)(C)CCOCC1C=CC(Br)N1C1CCC1. The molecule has 0 spiro atoms. The fourth-order valence-electron chi connectivity index (χ4n) is 2.48. The Kier molecular flexibility index (Phi) is 5.09. The minimum atomic E-state index is -0.948. The summed E-state index contributed by atoms with van der Waals surface area (Å²) in [5.41, 5.74) is 0. The van der Waals surface area contributed by atoms with Crippen LogP contribution in [0.5, 0.6) is 0 Å². The first kappa shape index (κ1) is 14.8. The van der Waals surface area contributed by atoms with E-state index in [1.54, 1.807) is 0 Å². The molecule has 2 atom stereocenters. The third-order valence-corrected chi connectivity index (χ3v) is 6.42. The summed E-state index contributed by atoms with van der Waals surface area (Å²) >= 11 is 3.75. The van der Waals surface area contributed by atoms with Gasteiger partial charge in [0.25, 0.3) is 0 Å². The zero-order valence-corrected chi connectivity index (χ0v) is 14.4. The molecule has 1 aliphatic heterocycles. The fraction of sp³-hybridized carbons (Fsp3) is 0.857. The highest BCUT2D eigenvalue weighted by atomic mass is 79.9. The quantitative estimate of drug-likeness (QED) is 0.241. The van der Waals surface area contributed by atoms with Gasteiger partial charge in [0.1, 0.15) is 0 Å². The van der Waals surface area contributed by atoms with Crippen molar-refractivity contribution in [3.63, 3.8) is 0 Å². The van der Waals surface area contributed by atoms with Gasteiger partial charge < -0.3 is 4.74 Å². The summed E-state index contributed by atoms with van der Waals surface area (Å²) in [7, 11) is -0.948. The molecular formula is C14H26BrNOSi. The van der Waals surface area contributed by atoms with Crippen LogP contribution in [0.15, 0.2) is 12.2 Å².